The van der Waals surface area contributed by atoms with E-state index < -0.39 is 28.9 Å². The molecule has 0 aliphatic rings. The normalized spacial score (nSPS) is 11.9. The Morgan fingerprint density at radius 1 is 1.18 bits per heavy atom. The van der Waals surface area contributed by atoms with Crippen molar-refractivity contribution in [1.29, 1.82) is 0 Å². The number of nitrogens with zero attached hydrogens (tertiary/aromatic N) is 3. The number of pyridine rings is 2. The Bertz CT molecular complexity index is 1420. The largest absolute Gasteiger partial charge is 0.435 e. The van der Waals surface area contributed by atoms with Crippen LogP contribution in [0.1, 0.15) is 17.0 Å². The van der Waals surface area contributed by atoms with Gasteiger partial charge in [-0.1, -0.05) is 18.2 Å². The predicted molar refractivity (Wildman–Crippen MR) is 113 cm³/mol. The van der Waals surface area contributed by atoms with Crippen LogP contribution in [0.2, 0.25) is 0 Å². The van der Waals surface area contributed by atoms with Crippen molar-refractivity contribution in [3.05, 3.63) is 77.6 Å². The van der Waals surface area contributed by atoms with Crippen molar-refractivity contribution in [2.24, 2.45) is 0 Å². The summed E-state index contributed by atoms with van der Waals surface area (Å²) in [6.45, 7) is -3.45. The van der Waals surface area contributed by atoms with Gasteiger partial charge in [-0.2, -0.15) is 8.78 Å². The molecule has 0 spiro atoms. The van der Waals surface area contributed by atoms with Crippen LogP contribution in [0, 0.1) is 5.82 Å². The molecule has 4 rings (SSSR count). The highest BCUT2D eigenvalue weighted by Crippen LogP contribution is 2.29. The number of benzene rings is 1. The molecule has 0 atom stereocenters. The molecule has 7 nitrogen and oxygen atoms in total. The summed E-state index contributed by atoms with van der Waals surface area (Å²) < 4.78 is 69.9. The van der Waals surface area contributed by atoms with Gasteiger partial charge in [0.1, 0.15) is 17.2 Å². The van der Waals surface area contributed by atoms with E-state index in [1.807, 2.05) is 0 Å². The maximum atomic E-state index is 14.9. The van der Waals surface area contributed by atoms with Gasteiger partial charge in [0.2, 0.25) is 0 Å². The number of alkyl halides is 2. The Balaban J connectivity index is 1.82. The molecule has 3 heterocycles. The molecule has 0 saturated heterocycles. The van der Waals surface area contributed by atoms with Crippen LogP contribution in [0.15, 0.2) is 59.9 Å². The van der Waals surface area contributed by atoms with E-state index in [4.69, 9.17) is 0 Å². The van der Waals surface area contributed by atoms with Gasteiger partial charge < -0.3 is 14.2 Å². The Morgan fingerprint density at radius 3 is 2.58 bits per heavy atom. The summed E-state index contributed by atoms with van der Waals surface area (Å²) >= 11 is 0. The third kappa shape index (κ3) is 4.69. The van der Waals surface area contributed by atoms with E-state index in [1.165, 1.54) is 36.7 Å². The summed E-state index contributed by atoms with van der Waals surface area (Å²) in [5.41, 5.74) is 1.80. The lowest BCUT2D eigenvalue weighted by Crippen LogP contribution is -2.06. The van der Waals surface area contributed by atoms with Gasteiger partial charge >= 0.3 is 6.61 Å². The minimum absolute atomic E-state index is 0.0192. The Kier molecular flexibility index (Phi) is 6.09. The van der Waals surface area contributed by atoms with Gasteiger partial charge in [0.15, 0.2) is 14.9 Å². The zero-order valence-corrected chi connectivity index (χ0v) is 18.1. The van der Waals surface area contributed by atoms with Gasteiger partial charge in [-0.25, -0.2) is 22.8 Å². The van der Waals surface area contributed by atoms with Crippen LogP contribution in [0.4, 0.5) is 13.2 Å². The summed E-state index contributed by atoms with van der Waals surface area (Å²) in [5, 5.41) is 9.64. The quantitative estimate of drug-likeness (QED) is 0.437. The first-order valence-corrected chi connectivity index (χ1v) is 11.6. The average molecular weight is 477 g/mol. The van der Waals surface area contributed by atoms with Crippen molar-refractivity contribution >= 4 is 15.5 Å². The molecule has 11 heteroatoms. The fraction of sp³-hybridized carbons (Fsp3) is 0.182. The molecular formula is C22H18F3N3O4S. The maximum absolute atomic E-state index is 14.9. The number of halogens is 3. The first kappa shape index (κ1) is 22.7. The molecule has 1 aromatic carbocycles. The van der Waals surface area contributed by atoms with Gasteiger partial charge in [-0.15, -0.1) is 0 Å². The molecule has 0 saturated carbocycles. The number of sulfone groups is 1. The number of hydrogen-bond acceptors (Lipinski definition) is 6. The van der Waals surface area contributed by atoms with E-state index in [-0.39, 0.29) is 34.1 Å². The van der Waals surface area contributed by atoms with E-state index in [2.05, 4.69) is 14.7 Å². The molecular weight excluding hydrogens is 459 g/mol. The number of hydrogen-bond donors (Lipinski definition) is 1. The SMILES string of the molecule is CS(=O)(=O)c1ccc(-c2cn3c(Cc4ccccc4OC(F)F)c(CO)nc3cc2F)cn1. The van der Waals surface area contributed by atoms with Crippen LogP contribution in [-0.4, -0.2) is 40.8 Å². The molecule has 4 aromatic rings. The minimum atomic E-state index is -3.51. The monoisotopic (exact) mass is 477 g/mol. The van der Waals surface area contributed by atoms with Crippen molar-refractivity contribution < 1.29 is 31.4 Å². The molecule has 3 aromatic heterocycles. The highest BCUT2D eigenvalue weighted by Gasteiger charge is 2.19. The van der Waals surface area contributed by atoms with Crippen molar-refractivity contribution in [3.63, 3.8) is 0 Å². The van der Waals surface area contributed by atoms with Crippen molar-refractivity contribution in [2.75, 3.05) is 6.26 Å². The maximum Gasteiger partial charge on any atom is 0.387 e. The third-order valence-corrected chi connectivity index (χ3v) is 6.02. The molecule has 1 N–H and O–H groups in total. The fourth-order valence-electron chi connectivity index (χ4n) is 3.49. The van der Waals surface area contributed by atoms with E-state index in [1.54, 1.807) is 22.6 Å². The van der Waals surface area contributed by atoms with Crippen molar-refractivity contribution in [2.45, 2.75) is 24.7 Å². The van der Waals surface area contributed by atoms with Gasteiger partial charge in [0.05, 0.1) is 18.0 Å². The second kappa shape index (κ2) is 8.83. The summed E-state index contributed by atoms with van der Waals surface area (Å²) in [5.74, 6) is -0.645. The van der Waals surface area contributed by atoms with Crippen molar-refractivity contribution in [1.82, 2.24) is 14.4 Å². The van der Waals surface area contributed by atoms with Crippen LogP contribution < -0.4 is 4.74 Å². The Morgan fingerprint density at radius 2 is 1.94 bits per heavy atom. The first-order chi connectivity index (χ1) is 15.7. The first-order valence-electron chi connectivity index (χ1n) is 9.67. The number of fused-ring (bicyclic) bond motifs is 1. The second-order valence-electron chi connectivity index (χ2n) is 7.25. The number of aliphatic hydroxyl groups is 1. The molecule has 172 valence electrons. The summed E-state index contributed by atoms with van der Waals surface area (Å²) in [6, 6.07) is 10.1. The van der Waals surface area contributed by atoms with Gasteiger partial charge in [-0.05, 0) is 18.2 Å². The lowest BCUT2D eigenvalue weighted by molar-refractivity contribution is -0.0504. The van der Waals surface area contributed by atoms with Crippen LogP contribution in [-0.2, 0) is 22.9 Å². The molecule has 33 heavy (non-hydrogen) atoms. The Hall–Kier alpha value is -3.44. The fourth-order valence-corrected chi connectivity index (χ4v) is 4.05. The summed E-state index contributed by atoms with van der Waals surface area (Å²) in [6.07, 6.45) is 3.79. The zero-order valence-electron chi connectivity index (χ0n) is 17.2. The summed E-state index contributed by atoms with van der Waals surface area (Å²) in [4.78, 5) is 8.14. The number of ether oxygens (including phenoxy) is 1. The molecule has 0 radical (unpaired) electrons. The number of aromatic nitrogens is 3. The van der Waals surface area contributed by atoms with Crippen LogP contribution in [0.5, 0.6) is 5.75 Å². The summed E-state index contributed by atoms with van der Waals surface area (Å²) in [7, 11) is -3.51. The van der Waals surface area contributed by atoms with E-state index >= 15 is 0 Å². The average Bonchev–Trinajstić information content (AvgIpc) is 3.10. The number of rotatable bonds is 7. The topological polar surface area (TPSA) is 93.8 Å². The van der Waals surface area contributed by atoms with Crippen LogP contribution in [0.3, 0.4) is 0 Å². The van der Waals surface area contributed by atoms with Crippen LogP contribution in [0.25, 0.3) is 16.8 Å². The molecule has 0 bridgehead atoms. The number of para-hydroxylation sites is 1. The molecule has 0 aliphatic carbocycles. The van der Waals surface area contributed by atoms with Gasteiger partial charge in [0, 0.05) is 47.8 Å². The predicted octanol–water partition coefficient (Wildman–Crippen LogP) is 3.62. The minimum Gasteiger partial charge on any atom is -0.435 e. The Labute approximate surface area is 187 Å². The molecule has 0 fully saturated rings. The number of imidazole rings is 1. The molecule has 0 unspecified atom stereocenters. The zero-order chi connectivity index (χ0) is 23.8. The van der Waals surface area contributed by atoms with Gasteiger partial charge in [-0.3, -0.25) is 0 Å². The standard InChI is InChI=1S/C22H18F3N3O4S/c1-33(30,31)21-7-6-14(10-26-21)15-11-28-18(17(12-29)27-20(28)9-16(15)23)8-13-4-2-3-5-19(13)32-22(24)25/h2-7,9-11,22,29H,8,12H2,1H3. The van der Waals surface area contributed by atoms with E-state index in [0.717, 1.165) is 6.26 Å². The number of aliphatic hydroxyl groups excluding tert-OH is 1. The van der Waals surface area contributed by atoms with E-state index in [0.29, 0.717) is 16.8 Å². The second-order valence-corrected chi connectivity index (χ2v) is 9.21. The third-order valence-electron chi connectivity index (χ3n) is 5.02. The lowest BCUT2D eigenvalue weighted by Gasteiger charge is -2.12. The highest BCUT2D eigenvalue weighted by molar-refractivity contribution is 7.90. The van der Waals surface area contributed by atoms with E-state index in [9.17, 15) is 26.7 Å². The molecule has 0 aliphatic heterocycles. The van der Waals surface area contributed by atoms with Crippen molar-refractivity contribution in [3.8, 4) is 16.9 Å². The smallest absolute Gasteiger partial charge is 0.387 e. The molecule has 0 amide bonds. The lowest BCUT2D eigenvalue weighted by atomic mass is 10.1. The van der Waals surface area contributed by atoms with Crippen LogP contribution >= 0.6 is 0 Å². The highest BCUT2D eigenvalue weighted by atomic mass is 32.2. The van der Waals surface area contributed by atoms with Gasteiger partial charge in [0.25, 0.3) is 0 Å².